The Kier molecular flexibility index (Phi) is 5.19. The van der Waals surface area contributed by atoms with E-state index in [1.165, 1.54) is 6.07 Å². The average molecular weight is 333 g/mol. The standard InChI is InChI=1S/C17H14F3N3O/c1-3-24-10-22-16-13(9-21)14(17(18,19)20)8-15(23-16)12-6-4-11(2)5-7-12/h4-8,10H,3H2,1-2H3/b22-10+. The van der Waals surface area contributed by atoms with Gasteiger partial charge in [-0.1, -0.05) is 29.8 Å². The maximum Gasteiger partial charge on any atom is 0.417 e. The maximum atomic E-state index is 13.3. The van der Waals surface area contributed by atoms with Crippen molar-refractivity contribution in [2.24, 2.45) is 4.99 Å². The molecule has 1 heterocycles. The summed E-state index contributed by atoms with van der Waals surface area (Å²) in [6.45, 7) is 3.87. The molecule has 0 spiro atoms. The number of benzene rings is 1. The van der Waals surface area contributed by atoms with Gasteiger partial charge in [0.05, 0.1) is 17.9 Å². The van der Waals surface area contributed by atoms with E-state index in [1.807, 2.05) is 6.92 Å². The van der Waals surface area contributed by atoms with E-state index in [-0.39, 0.29) is 11.5 Å². The summed E-state index contributed by atoms with van der Waals surface area (Å²) >= 11 is 0. The van der Waals surface area contributed by atoms with Gasteiger partial charge in [-0.05, 0) is 19.9 Å². The number of pyridine rings is 1. The van der Waals surface area contributed by atoms with Crippen LogP contribution in [0.4, 0.5) is 19.0 Å². The first-order valence-electron chi connectivity index (χ1n) is 7.10. The third-order valence-corrected chi connectivity index (χ3v) is 3.18. The summed E-state index contributed by atoms with van der Waals surface area (Å²) in [5.41, 5.74) is -0.139. The summed E-state index contributed by atoms with van der Waals surface area (Å²) in [6.07, 6.45) is -3.70. The smallest absolute Gasteiger partial charge is 0.417 e. The molecule has 0 unspecified atom stereocenters. The van der Waals surface area contributed by atoms with Crippen molar-refractivity contribution in [3.05, 3.63) is 47.0 Å². The van der Waals surface area contributed by atoms with Crippen LogP contribution in [-0.2, 0) is 10.9 Å². The van der Waals surface area contributed by atoms with Gasteiger partial charge in [-0.3, -0.25) is 0 Å². The minimum Gasteiger partial charge on any atom is -0.483 e. The summed E-state index contributed by atoms with van der Waals surface area (Å²) in [5, 5.41) is 9.11. The van der Waals surface area contributed by atoms with Crippen LogP contribution >= 0.6 is 0 Å². The van der Waals surface area contributed by atoms with Crippen molar-refractivity contribution in [3.63, 3.8) is 0 Å². The van der Waals surface area contributed by atoms with E-state index in [4.69, 9.17) is 10.00 Å². The molecule has 2 rings (SSSR count). The highest BCUT2D eigenvalue weighted by molar-refractivity contribution is 5.69. The van der Waals surface area contributed by atoms with Crippen molar-refractivity contribution in [2.45, 2.75) is 20.0 Å². The molecule has 24 heavy (non-hydrogen) atoms. The highest BCUT2D eigenvalue weighted by atomic mass is 19.4. The van der Waals surface area contributed by atoms with E-state index >= 15 is 0 Å². The number of halogens is 3. The zero-order chi connectivity index (χ0) is 17.7. The predicted molar refractivity (Wildman–Crippen MR) is 83.9 cm³/mol. The average Bonchev–Trinajstić information content (AvgIpc) is 2.54. The first kappa shape index (κ1) is 17.5. The van der Waals surface area contributed by atoms with E-state index in [0.717, 1.165) is 18.0 Å². The number of aryl methyl sites for hydroxylation is 1. The van der Waals surface area contributed by atoms with Gasteiger partial charge >= 0.3 is 6.18 Å². The van der Waals surface area contributed by atoms with Gasteiger partial charge in [0.15, 0.2) is 12.2 Å². The Morgan fingerprint density at radius 1 is 1.29 bits per heavy atom. The normalized spacial score (nSPS) is 11.5. The molecule has 1 aromatic carbocycles. The van der Waals surface area contributed by atoms with Crippen molar-refractivity contribution in [2.75, 3.05) is 6.61 Å². The van der Waals surface area contributed by atoms with Crippen LogP contribution in [0.1, 0.15) is 23.6 Å². The van der Waals surface area contributed by atoms with Gasteiger partial charge in [0.2, 0.25) is 0 Å². The quantitative estimate of drug-likeness (QED) is 0.605. The highest BCUT2D eigenvalue weighted by Crippen LogP contribution is 2.37. The molecule has 0 bridgehead atoms. The zero-order valence-electron chi connectivity index (χ0n) is 13.1. The van der Waals surface area contributed by atoms with Crippen LogP contribution in [-0.4, -0.2) is 18.0 Å². The Morgan fingerprint density at radius 3 is 2.50 bits per heavy atom. The van der Waals surface area contributed by atoms with E-state index in [9.17, 15) is 13.2 Å². The van der Waals surface area contributed by atoms with Crippen LogP contribution in [0.2, 0.25) is 0 Å². The summed E-state index contributed by atoms with van der Waals surface area (Å²) in [7, 11) is 0. The van der Waals surface area contributed by atoms with E-state index in [2.05, 4.69) is 9.98 Å². The fourth-order valence-electron chi connectivity index (χ4n) is 1.99. The van der Waals surface area contributed by atoms with Crippen molar-refractivity contribution in [1.82, 2.24) is 4.98 Å². The number of aliphatic imine (C=N–C) groups is 1. The molecule has 124 valence electrons. The first-order chi connectivity index (χ1) is 11.4. The topological polar surface area (TPSA) is 58.3 Å². The Bertz CT molecular complexity index is 790. The van der Waals surface area contributed by atoms with Crippen molar-refractivity contribution in [1.29, 1.82) is 5.26 Å². The molecular formula is C17H14F3N3O. The monoisotopic (exact) mass is 333 g/mol. The number of ether oxygens (including phenoxy) is 1. The maximum absolute atomic E-state index is 13.3. The van der Waals surface area contributed by atoms with E-state index in [1.54, 1.807) is 31.2 Å². The molecule has 0 saturated carbocycles. The Labute approximate surface area is 137 Å². The molecule has 2 aromatic rings. The number of nitriles is 1. The molecule has 0 fully saturated rings. The second-order valence-electron chi connectivity index (χ2n) is 4.92. The van der Waals surface area contributed by atoms with Crippen molar-refractivity contribution in [3.8, 4) is 17.3 Å². The number of aromatic nitrogens is 1. The zero-order valence-corrected chi connectivity index (χ0v) is 13.1. The summed E-state index contributed by atoms with van der Waals surface area (Å²) in [6, 6.07) is 9.27. The Hall–Kier alpha value is -2.88. The fraction of sp³-hybridized carbons (Fsp3) is 0.235. The number of hydrogen-bond donors (Lipinski definition) is 0. The third-order valence-electron chi connectivity index (χ3n) is 3.18. The van der Waals surface area contributed by atoms with E-state index < -0.39 is 17.3 Å². The highest BCUT2D eigenvalue weighted by Gasteiger charge is 2.36. The van der Waals surface area contributed by atoms with Crippen LogP contribution in [0.5, 0.6) is 0 Å². The molecule has 0 atom stereocenters. The van der Waals surface area contributed by atoms with Crippen molar-refractivity contribution >= 4 is 12.2 Å². The molecule has 0 aliphatic heterocycles. The van der Waals surface area contributed by atoms with E-state index in [0.29, 0.717) is 12.2 Å². The largest absolute Gasteiger partial charge is 0.483 e. The number of rotatable bonds is 4. The van der Waals surface area contributed by atoms with Gasteiger partial charge in [-0.2, -0.15) is 23.4 Å². The Morgan fingerprint density at radius 2 is 1.96 bits per heavy atom. The molecule has 0 N–H and O–H groups in total. The molecule has 0 saturated heterocycles. The van der Waals surface area contributed by atoms with Gasteiger partial charge in [0, 0.05) is 5.56 Å². The van der Waals surface area contributed by atoms with Crippen LogP contribution < -0.4 is 0 Å². The predicted octanol–water partition coefficient (Wildman–Crippen LogP) is 4.64. The van der Waals surface area contributed by atoms with Crippen LogP contribution in [0, 0.1) is 18.3 Å². The number of nitrogens with zero attached hydrogens (tertiary/aromatic N) is 3. The second-order valence-corrected chi connectivity index (χ2v) is 4.92. The lowest BCUT2D eigenvalue weighted by Gasteiger charge is -2.12. The lowest BCUT2D eigenvalue weighted by atomic mass is 10.0. The van der Waals surface area contributed by atoms with Gasteiger partial charge in [-0.15, -0.1) is 0 Å². The molecule has 4 nitrogen and oxygen atoms in total. The van der Waals surface area contributed by atoms with Gasteiger partial charge < -0.3 is 4.74 Å². The minimum absolute atomic E-state index is 0.0879. The van der Waals surface area contributed by atoms with Gasteiger partial charge in [0.25, 0.3) is 0 Å². The molecule has 1 aromatic heterocycles. The summed E-state index contributed by atoms with van der Waals surface area (Å²) in [4.78, 5) is 7.85. The lowest BCUT2D eigenvalue weighted by molar-refractivity contribution is -0.137. The SMILES string of the molecule is CCO/C=N/c1nc(-c2ccc(C)cc2)cc(C(F)(F)F)c1C#N. The first-order valence-corrected chi connectivity index (χ1v) is 7.10. The Balaban J connectivity index is 2.67. The third kappa shape index (κ3) is 3.90. The number of hydrogen-bond acceptors (Lipinski definition) is 4. The molecular weight excluding hydrogens is 319 g/mol. The minimum atomic E-state index is -4.69. The van der Waals surface area contributed by atoms with Crippen molar-refractivity contribution < 1.29 is 17.9 Å². The molecule has 0 radical (unpaired) electrons. The van der Waals surface area contributed by atoms with Crippen LogP contribution in [0.15, 0.2) is 35.3 Å². The molecule has 0 aliphatic rings. The summed E-state index contributed by atoms with van der Waals surface area (Å²) < 4.78 is 44.8. The number of alkyl halides is 3. The fourth-order valence-corrected chi connectivity index (χ4v) is 1.99. The summed E-state index contributed by atoms with van der Waals surface area (Å²) in [5.74, 6) is -0.323. The molecule has 0 amide bonds. The van der Waals surface area contributed by atoms with Gasteiger partial charge in [0.1, 0.15) is 11.6 Å². The molecule has 7 heteroatoms. The molecule has 0 aliphatic carbocycles. The second kappa shape index (κ2) is 7.13. The van der Waals surface area contributed by atoms with Crippen LogP contribution in [0.3, 0.4) is 0 Å². The van der Waals surface area contributed by atoms with Crippen LogP contribution in [0.25, 0.3) is 11.3 Å². The van der Waals surface area contributed by atoms with Gasteiger partial charge in [-0.25, -0.2) is 4.98 Å². The lowest BCUT2D eigenvalue weighted by Crippen LogP contribution is -2.09.